The highest BCUT2D eigenvalue weighted by Crippen LogP contribution is 2.23. The standard InChI is InChI=1S/C13H19N3/c1-9(2)10(3)16(4)12-5-6-13(15)11(7-12)8-14/h5-7,9-10H,15H2,1-4H3. The Kier molecular flexibility index (Phi) is 3.78. The summed E-state index contributed by atoms with van der Waals surface area (Å²) in [4.78, 5) is 2.17. The molecule has 2 N–H and O–H groups in total. The zero-order valence-electron chi connectivity index (χ0n) is 10.4. The molecule has 3 heteroatoms. The molecule has 1 unspecified atom stereocenters. The lowest BCUT2D eigenvalue weighted by Gasteiger charge is -2.30. The van der Waals surface area contributed by atoms with E-state index in [9.17, 15) is 0 Å². The van der Waals surface area contributed by atoms with Crippen LogP contribution in [-0.2, 0) is 0 Å². The molecule has 0 saturated heterocycles. The van der Waals surface area contributed by atoms with E-state index in [1.54, 1.807) is 6.07 Å². The SMILES string of the molecule is CC(C)C(C)N(C)c1ccc(N)c(C#N)c1. The molecule has 3 nitrogen and oxygen atoms in total. The van der Waals surface area contributed by atoms with E-state index in [4.69, 9.17) is 11.0 Å². The predicted molar refractivity (Wildman–Crippen MR) is 68.3 cm³/mol. The third kappa shape index (κ3) is 2.46. The van der Waals surface area contributed by atoms with Gasteiger partial charge in [0.2, 0.25) is 0 Å². The van der Waals surface area contributed by atoms with Gasteiger partial charge in [0, 0.05) is 24.5 Å². The molecule has 1 atom stereocenters. The lowest BCUT2D eigenvalue weighted by atomic mass is 10.0. The smallest absolute Gasteiger partial charge is 0.101 e. The van der Waals surface area contributed by atoms with Gasteiger partial charge in [0.05, 0.1) is 5.56 Å². The van der Waals surface area contributed by atoms with E-state index in [0.29, 0.717) is 23.2 Å². The zero-order valence-corrected chi connectivity index (χ0v) is 10.4. The van der Waals surface area contributed by atoms with Crippen molar-refractivity contribution in [3.63, 3.8) is 0 Å². The molecule has 0 aliphatic heterocycles. The summed E-state index contributed by atoms with van der Waals surface area (Å²) in [5, 5.41) is 8.92. The van der Waals surface area contributed by atoms with Crippen molar-refractivity contribution >= 4 is 11.4 Å². The maximum Gasteiger partial charge on any atom is 0.101 e. The van der Waals surface area contributed by atoms with Crippen molar-refractivity contribution in [3.8, 4) is 6.07 Å². The van der Waals surface area contributed by atoms with Gasteiger partial charge in [0.15, 0.2) is 0 Å². The minimum atomic E-state index is 0.426. The molecule has 0 heterocycles. The number of nitrogens with two attached hydrogens (primary N) is 1. The number of hydrogen-bond acceptors (Lipinski definition) is 3. The Morgan fingerprint density at radius 3 is 2.44 bits per heavy atom. The first-order chi connectivity index (χ1) is 7.47. The molecule has 0 aromatic heterocycles. The molecule has 16 heavy (non-hydrogen) atoms. The third-order valence-corrected chi connectivity index (χ3v) is 3.14. The maximum absolute atomic E-state index is 8.92. The second kappa shape index (κ2) is 4.89. The van der Waals surface area contributed by atoms with Gasteiger partial charge >= 0.3 is 0 Å². The molecule has 0 fully saturated rings. The molecule has 1 rings (SSSR count). The van der Waals surface area contributed by atoms with Crippen LogP contribution in [0.15, 0.2) is 18.2 Å². The topological polar surface area (TPSA) is 53.0 Å². The molecule has 0 aliphatic carbocycles. The van der Waals surface area contributed by atoms with Crippen molar-refractivity contribution in [2.45, 2.75) is 26.8 Å². The fourth-order valence-corrected chi connectivity index (χ4v) is 1.54. The van der Waals surface area contributed by atoms with Gasteiger partial charge in [0.1, 0.15) is 6.07 Å². The Morgan fingerprint density at radius 2 is 1.94 bits per heavy atom. The van der Waals surface area contributed by atoms with Crippen LogP contribution in [0.1, 0.15) is 26.3 Å². The Balaban J connectivity index is 3.02. The van der Waals surface area contributed by atoms with Crippen LogP contribution in [0.4, 0.5) is 11.4 Å². The summed E-state index contributed by atoms with van der Waals surface area (Å²) >= 11 is 0. The van der Waals surface area contributed by atoms with Crippen molar-refractivity contribution in [1.29, 1.82) is 5.26 Å². The van der Waals surface area contributed by atoms with Crippen LogP contribution in [0.2, 0.25) is 0 Å². The minimum absolute atomic E-state index is 0.426. The van der Waals surface area contributed by atoms with Crippen LogP contribution < -0.4 is 10.6 Å². The van der Waals surface area contributed by atoms with Crippen LogP contribution in [0, 0.1) is 17.2 Å². The Bertz CT molecular complexity index is 404. The molecule has 0 spiro atoms. The molecule has 86 valence electrons. The fraction of sp³-hybridized carbons (Fsp3) is 0.462. The first-order valence-corrected chi connectivity index (χ1v) is 5.49. The number of nitriles is 1. The van der Waals surface area contributed by atoms with E-state index in [0.717, 1.165) is 5.69 Å². The molecule has 0 radical (unpaired) electrons. The van der Waals surface area contributed by atoms with Gasteiger partial charge in [0.25, 0.3) is 0 Å². The van der Waals surface area contributed by atoms with E-state index in [-0.39, 0.29) is 0 Å². The lowest BCUT2D eigenvalue weighted by Crippen LogP contribution is -2.33. The third-order valence-electron chi connectivity index (χ3n) is 3.14. The van der Waals surface area contributed by atoms with E-state index >= 15 is 0 Å². The zero-order chi connectivity index (χ0) is 12.3. The summed E-state index contributed by atoms with van der Waals surface area (Å²) in [6.45, 7) is 6.54. The summed E-state index contributed by atoms with van der Waals surface area (Å²) < 4.78 is 0. The second-order valence-corrected chi connectivity index (χ2v) is 4.48. The quantitative estimate of drug-likeness (QED) is 0.792. The normalized spacial score (nSPS) is 12.2. The molecular weight excluding hydrogens is 198 g/mol. The average Bonchev–Trinajstić information content (AvgIpc) is 2.27. The number of nitrogen functional groups attached to an aromatic ring is 1. The highest BCUT2D eigenvalue weighted by atomic mass is 15.1. The van der Waals surface area contributed by atoms with Crippen molar-refractivity contribution < 1.29 is 0 Å². The summed E-state index contributed by atoms with van der Waals surface area (Å²) in [7, 11) is 2.04. The van der Waals surface area contributed by atoms with Gasteiger partial charge in [-0.15, -0.1) is 0 Å². The molecule has 0 saturated carbocycles. The van der Waals surface area contributed by atoms with Gasteiger partial charge in [-0.05, 0) is 31.0 Å². The van der Waals surface area contributed by atoms with Crippen molar-refractivity contribution in [3.05, 3.63) is 23.8 Å². The Labute approximate surface area is 97.5 Å². The number of nitrogens with zero attached hydrogens (tertiary/aromatic N) is 2. The van der Waals surface area contributed by atoms with Crippen molar-refractivity contribution in [1.82, 2.24) is 0 Å². The fourth-order valence-electron chi connectivity index (χ4n) is 1.54. The van der Waals surface area contributed by atoms with Gasteiger partial charge < -0.3 is 10.6 Å². The Morgan fingerprint density at radius 1 is 1.31 bits per heavy atom. The lowest BCUT2D eigenvalue weighted by molar-refractivity contribution is 0.505. The average molecular weight is 217 g/mol. The molecule has 0 bridgehead atoms. The first kappa shape index (κ1) is 12.4. The summed E-state index contributed by atoms with van der Waals surface area (Å²) in [5.41, 5.74) is 7.81. The number of benzene rings is 1. The highest BCUT2D eigenvalue weighted by molar-refractivity contribution is 5.62. The second-order valence-electron chi connectivity index (χ2n) is 4.48. The minimum Gasteiger partial charge on any atom is -0.398 e. The van der Waals surface area contributed by atoms with Crippen molar-refractivity contribution in [2.24, 2.45) is 5.92 Å². The Hall–Kier alpha value is -1.69. The first-order valence-electron chi connectivity index (χ1n) is 5.49. The van der Waals surface area contributed by atoms with E-state index in [2.05, 4.69) is 31.7 Å². The summed E-state index contributed by atoms with van der Waals surface area (Å²) in [6.07, 6.45) is 0. The van der Waals surface area contributed by atoms with Crippen LogP contribution in [0.3, 0.4) is 0 Å². The van der Waals surface area contributed by atoms with Gasteiger partial charge in [-0.25, -0.2) is 0 Å². The van der Waals surface area contributed by atoms with E-state index in [1.807, 2.05) is 19.2 Å². The van der Waals surface area contributed by atoms with Gasteiger partial charge in [-0.1, -0.05) is 13.8 Å². The number of anilines is 2. The highest BCUT2D eigenvalue weighted by Gasteiger charge is 2.14. The molecule has 1 aromatic carbocycles. The van der Waals surface area contributed by atoms with Gasteiger partial charge in [-0.2, -0.15) is 5.26 Å². The summed E-state index contributed by atoms with van der Waals surface area (Å²) in [6, 6.07) is 8.12. The molecule has 0 aliphatic rings. The van der Waals surface area contributed by atoms with Crippen LogP contribution in [-0.4, -0.2) is 13.1 Å². The predicted octanol–water partition coefficient (Wildman–Crippen LogP) is 2.62. The van der Waals surface area contributed by atoms with E-state index < -0.39 is 0 Å². The van der Waals surface area contributed by atoms with Crippen LogP contribution in [0.25, 0.3) is 0 Å². The largest absolute Gasteiger partial charge is 0.398 e. The molecule has 1 aromatic rings. The van der Waals surface area contributed by atoms with Gasteiger partial charge in [-0.3, -0.25) is 0 Å². The molecule has 0 amide bonds. The monoisotopic (exact) mass is 217 g/mol. The van der Waals surface area contributed by atoms with Crippen LogP contribution >= 0.6 is 0 Å². The number of rotatable bonds is 3. The molecular formula is C13H19N3. The van der Waals surface area contributed by atoms with Crippen molar-refractivity contribution in [2.75, 3.05) is 17.7 Å². The van der Waals surface area contributed by atoms with E-state index in [1.165, 1.54) is 0 Å². The van der Waals surface area contributed by atoms with Crippen LogP contribution in [0.5, 0.6) is 0 Å². The maximum atomic E-state index is 8.92. The summed E-state index contributed by atoms with van der Waals surface area (Å²) in [5.74, 6) is 0.563. The number of hydrogen-bond donors (Lipinski definition) is 1.